The fourth-order valence-electron chi connectivity index (χ4n) is 4.83. The zero-order valence-corrected chi connectivity index (χ0v) is 21.6. The van der Waals surface area contributed by atoms with Crippen molar-refractivity contribution in [2.75, 3.05) is 14.2 Å². The van der Waals surface area contributed by atoms with Crippen molar-refractivity contribution in [3.05, 3.63) is 58.1 Å². The van der Waals surface area contributed by atoms with E-state index in [0.29, 0.717) is 29.9 Å². The maximum atomic E-state index is 14.1. The maximum absolute atomic E-state index is 14.1. The summed E-state index contributed by atoms with van der Waals surface area (Å²) < 4.78 is 24.7. The molecule has 3 rings (SSSR count). The van der Waals surface area contributed by atoms with E-state index in [1.807, 2.05) is 26.0 Å². The van der Waals surface area contributed by atoms with Gasteiger partial charge in [-0.1, -0.05) is 43.5 Å². The molecule has 0 saturated heterocycles. The van der Waals surface area contributed by atoms with Gasteiger partial charge in [0, 0.05) is 18.4 Å². The Kier molecular flexibility index (Phi) is 7.14. The Morgan fingerprint density at radius 3 is 1.82 bits per heavy atom. The molecule has 0 N–H and O–H groups in total. The lowest BCUT2D eigenvalue weighted by atomic mass is 9.81. The van der Waals surface area contributed by atoms with Gasteiger partial charge in [-0.25, -0.2) is 4.79 Å². The Morgan fingerprint density at radius 1 is 0.909 bits per heavy atom. The molecular weight excluding hydrogens is 435 g/mol. The van der Waals surface area contributed by atoms with Crippen molar-refractivity contribution in [2.24, 2.45) is 0 Å². The van der Waals surface area contributed by atoms with Crippen LogP contribution in [-0.2, 0) is 9.98 Å². The van der Waals surface area contributed by atoms with Crippen LogP contribution < -0.4 is 9.47 Å². The van der Waals surface area contributed by atoms with Crippen molar-refractivity contribution in [3.8, 4) is 11.5 Å². The fraction of sp³-hybridized carbons (Fsp3) is 0.481. The molecule has 1 saturated carbocycles. The number of rotatable bonds is 7. The highest BCUT2D eigenvalue weighted by atomic mass is 31.1. The predicted octanol–water partition coefficient (Wildman–Crippen LogP) is 6.78. The Morgan fingerprint density at radius 2 is 1.39 bits per heavy atom. The van der Waals surface area contributed by atoms with Gasteiger partial charge in [0.2, 0.25) is 10.9 Å². The molecule has 2 aromatic rings. The molecule has 0 radical (unpaired) electrons. The minimum Gasteiger partial charge on any atom is -0.496 e. The van der Waals surface area contributed by atoms with Crippen molar-refractivity contribution in [3.63, 3.8) is 0 Å². The number of ketones is 1. The van der Waals surface area contributed by atoms with Gasteiger partial charge in [0.15, 0.2) is 5.56 Å². The summed E-state index contributed by atoms with van der Waals surface area (Å²) in [6.07, 6.45) is 2.40. The van der Waals surface area contributed by atoms with Crippen molar-refractivity contribution < 1.29 is 23.6 Å². The Labute approximate surface area is 197 Å². The van der Waals surface area contributed by atoms with Crippen LogP contribution in [0.25, 0.3) is 0 Å². The molecule has 33 heavy (non-hydrogen) atoms. The summed E-state index contributed by atoms with van der Waals surface area (Å²) in [6.45, 7) is 10.3. The summed E-state index contributed by atoms with van der Waals surface area (Å²) in [5, 5.41) is -1.21. The lowest BCUT2D eigenvalue weighted by molar-refractivity contribution is 0.0929. The summed E-state index contributed by atoms with van der Waals surface area (Å²) >= 11 is 0. The number of carbonyl (C=O) groups is 2. The van der Waals surface area contributed by atoms with Crippen LogP contribution in [0.3, 0.4) is 0 Å². The molecule has 1 aliphatic carbocycles. The Hall–Kier alpha value is -2.52. The predicted molar refractivity (Wildman–Crippen MR) is 132 cm³/mol. The molecule has 0 amide bonds. The minimum atomic E-state index is -2.56. The average Bonchev–Trinajstić information content (AvgIpc) is 3.27. The number of hydrogen-bond acceptors (Lipinski definition) is 5. The van der Waals surface area contributed by atoms with Gasteiger partial charge in [-0.15, -0.1) is 0 Å². The van der Waals surface area contributed by atoms with Crippen LogP contribution in [0.15, 0.2) is 30.3 Å². The van der Waals surface area contributed by atoms with Gasteiger partial charge in [0.1, 0.15) is 11.5 Å². The van der Waals surface area contributed by atoms with E-state index in [9.17, 15) is 14.2 Å². The first-order chi connectivity index (χ1) is 15.5. The molecule has 1 aliphatic rings. The zero-order chi connectivity index (χ0) is 24.6. The first-order valence-corrected chi connectivity index (χ1v) is 12.6. The van der Waals surface area contributed by atoms with E-state index in [4.69, 9.17) is 9.47 Å². The van der Waals surface area contributed by atoms with Gasteiger partial charge in [0.25, 0.3) is 0 Å². The zero-order valence-electron chi connectivity index (χ0n) is 20.7. The van der Waals surface area contributed by atoms with E-state index in [0.717, 1.165) is 29.5 Å². The largest absolute Gasteiger partial charge is 0.496 e. The standard InChI is InChI=1S/C27H34O5P/c1-17-15-19(26(3,4)5)16-18(2)22(17)24(28)27(13-8-9-14-27)33(30)25(29)23-20(31-6)11-10-12-21(23)32-7/h10-12,15-16H,8-9,13-14H2,1-7H3/q+1. The van der Waals surface area contributed by atoms with E-state index < -0.39 is 18.5 Å². The van der Waals surface area contributed by atoms with Gasteiger partial charge in [-0.2, -0.15) is 0 Å². The van der Waals surface area contributed by atoms with E-state index in [2.05, 4.69) is 20.8 Å². The van der Waals surface area contributed by atoms with Crippen molar-refractivity contribution in [2.45, 2.75) is 70.9 Å². The highest BCUT2D eigenvalue weighted by molar-refractivity contribution is 7.67. The molecule has 6 heteroatoms. The number of methoxy groups -OCH3 is 2. The van der Waals surface area contributed by atoms with E-state index in [-0.39, 0.29) is 16.8 Å². The monoisotopic (exact) mass is 469 g/mol. The first-order valence-electron chi connectivity index (χ1n) is 11.4. The third kappa shape index (κ3) is 4.48. The molecule has 0 aliphatic heterocycles. The molecule has 1 fully saturated rings. The second-order valence-electron chi connectivity index (χ2n) is 9.94. The van der Waals surface area contributed by atoms with Crippen LogP contribution in [0.2, 0.25) is 0 Å². The lowest BCUT2D eigenvalue weighted by Gasteiger charge is -2.24. The molecule has 5 nitrogen and oxygen atoms in total. The van der Waals surface area contributed by atoms with Crippen LogP contribution in [0.4, 0.5) is 0 Å². The van der Waals surface area contributed by atoms with E-state index >= 15 is 0 Å². The summed E-state index contributed by atoms with van der Waals surface area (Å²) in [7, 11) is 0.350. The molecular formula is C27H34O5P+. The quantitative estimate of drug-likeness (QED) is 0.330. The average molecular weight is 470 g/mol. The highest BCUT2D eigenvalue weighted by Crippen LogP contribution is 2.55. The topological polar surface area (TPSA) is 69.7 Å². The van der Waals surface area contributed by atoms with Crippen LogP contribution in [0.5, 0.6) is 11.5 Å². The normalized spacial score (nSPS) is 15.8. The number of benzene rings is 2. The maximum Gasteiger partial charge on any atom is 0.434 e. The van der Waals surface area contributed by atoms with Gasteiger partial charge in [-0.05, 0) is 60.9 Å². The number of aryl methyl sites for hydroxylation is 2. The SMILES string of the molecule is COc1cccc(OC)c1C(=O)[P+](=O)C1(C(=O)c2c(C)cc(C(C)(C)C)cc2C)CCCC1. The molecule has 0 spiro atoms. The minimum absolute atomic E-state index is 0.0519. The van der Waals surface area contributed by atoms with Gasteiger partial charge >= 0.3 is 13.3 Å². The third-order valence-electron chi connectivity index (χ3n) is 6.69. The van der Waals surface area contributed by atoms with Crippen LogP contribution in [-0.4, -0.2) is 30.7 Å². The van der Waals surface area contributed by atoms with Crippen LogP contribution in [0.1, 0.15) is 83.9 Å². The Bertz CT molecular complexity index is 1060. The van der Waals surface area contributed by atoms with E-state index in [1.165, 1.54) is 14.2 Å². The molecule has 176 valence electrons. The van der Waals surface area contributed by atoms with Crippen LogP contribution in [0, 0.1) is 13.8 Å². The van der Waals surface area contributed by atoms with Gasteiger partial charge in [-0.3, -0.25) is 4.79 Å². The third-order valence-corrected chi connectivity index (χ3v) is 8.71. The molecule has 2 aromatic carbocycles. The molecule has 1 atom stereocenters. The highest BCUT2D eigenvalue weighted by Gasteiger charge is 2.62. The van der Waals surface area contributed by atoms with Crippen molar-refractivity contribution in [1.82, 2.24) is 0 Å². The molecule has 0 heterocycles. The van der Waals surface area contributed by atoms with Crippen molar-refractivity contribution >= 4 is 19.1 Å². The fourth-order valence-corrected chi connectivity index (χ4v) is 6.66. The first kappa shape index (κ1) is 25.1. The second kappa shape index (κ2) is 9.38. The van der Waals surface area contributed by atoms with Crippen molar-refractivity contribution in [1.29, 1.82) is 0 Å². The summed E-state index contributed by atoms with van der Waals surface area (Å²) in [5.41, 5.74) is 2.96. The van der Waals surface area contributed by atoms with Crippen LogP contribution >= 0.6 is 7.80 Å². The summed E-state index contributed by atoms with van der Waals surface area (Å²) in [4.78, 5) is 27.7. The molecule has 1 unspecified atom stereocenters. The summed E-state index contributed by atoms with van der Waals surface area (Å²) in [5.74, 6) is 0.411. The molecule has 0 aromatic heterocycles. The smallest absolute Gasteiger partial charge is 0.434 e. The number of hydrogen-bond donors (Lipinski definition) is 0. The second-order valence-corrected chi connectivity index (χ2v) is 11.8. The summed E-state index contributed by atoms with van der Waals surface area (Å²) in [6, 6.07) is 9.08. The number of Topliss-reactive ketones (excluding diaryl/α,β-unsaturated/α-hetero) is 1. The van der Waals surface area contributed by atoms with E-state index in [1.54, 1.807) is 18.2 Å². The number of carbonyl (C=O) groups excluding carboxylic acids is 2. The van der Waals surface area contributed by atoms with Gasteiger partial charge < -0.3 is 9.47 Å². The molecule has 0 bridgehead atoms. The lowest BCUT2D eigenvalue weighted by Crippen LogP contribution is -2.35. The van der Waals surface area contributed by atoms with Gasteiger partial charge in [0.05, 0.1) is 14.2 Å². The Balaban J connectivity index is 2.11. The number of ether oxygens (including phenoxy) is 2.